The number of carbonyl (C=O) groups excluding carboxylic acids is 1. The molecule has 1 N–H and O–H groups in total. The maximum Gasteiger partial charge on any atom is 0.435 e. The summed E-state index contributed by atoms with van der Waals surface area (Å²) in [6, 6.07) is -0.197. The molecule has 0 radical (unpaired) electrons. The summed E-state index contributed by atoms with van der Waals surface area (Å²) >= 11 is 0. The first kappa shape index (κ1) is 13.0. The van der Waals surface area contributed by atoms with E-state index in [0.29, 0.717) is 0 Å². The fourth-order valence-electron chi connectivity index (χ4n) is 1.25. The zero-order valence-electron chi connectivity index (χ0n) is 10.1. The Hall–Kier alpha value is -1.07. The smallest absolute Gasteiger partial charge is 0.435 e. The van der Waals surface area contributed by atoms with Crippen molar-refractivity contribution in [3.8, 4) is 0 Å². The van der Waals surface area contributed by atoms with E-state index in [4.69, 9.17) is 14.7 Å². The molecule has 92 valence electrons. The highest BCUT2D eigenvalue weighted by Gasteiger charge is 2.30. The molecule has 0 saturated heterocycles. The van der Waals surface area contributed by atoms with Gasteiger partial charge in [-0.1, -0.05) is 12.2 Å². The molecule has 0 saturated carbocycles. The quantitative estimate of drug-likeness (QED) is 0.692. The molecule has 0 bridgehead atoms. The third kappa shape index (κ3) is 3.50. The lowest BCUT2D eigenvalue weighted by Gasteiger charge is -2.33. The predicted octanol–water partition coefficient (Wildman–Crippen LogP) is 1.47. The second-order valence-corrected chi connectivity index (χ2v) is 4.76. The van der Waals surface area contributed by atoms with E-state index in [1.54, 1.807) is 32.9 Å². The van der Waals surface area contributed by atoms with E-state index in [0.717, 1.165) is 5.06 Å². The van der Waals surface area contributed by atoms with Crippen LogP contribution in [0.4, 0.5) is 4.79 Å². The van der Waals surface area contributed by atoms with Crippen LogP contribution in [0, 0.1) is 0 Å². The van der Waals surface area contributed by atoms with Crippen molar-refractivity contribution in [1.82, 2.24) is 5.06 Å². The number of aliphatic hydroxyl groups excluding tert-OH is 1. The maximum absolute atomic E-state index is 11.7. The third-order valence-electron chi connectivity index (χ3n) is 1.98. The molecule has 1 rings (SSSR count). The second kappa shape index (κ2) is 4.84. The molecule has 0 aromatic carbocycles. The number of hydroxylamine groups is 2. The predicted molar refractivity (Wildman–Crippen MR) is 58.6 cm³/mol. The minimum Gasteiger partial charge on any atom is -0.442 e. The van der Waals surface area contributed by atoms with E-state index >= 15 is 0 Å². The Morgan fingerprint density at radius 2 is 2.12 bits per heavy atom. The average molecular weight is 229 g/mol. The number of carbonyl (C=O) groups is 1. The van der Waals surface area contributed by atoms with E-state index in [9.17, 15) is 4.79 Å². The largest absolute Gasteiger partial charge is 0.442 e. The first-order valence-electron chi connectivity index (χ1n) is 5.31. The lowest BCUT2D eigenvalue weighted by atomic mass is 10.2. The van der Waals surface area contributed by atoms with Crippen LogP contribution in [-0.4, -0.2) is 40.6 Å². The van der Waals surface area contributed by atoms with Crippen molar-refractivity contribution in [3.63, 3.8) is 0 Å². The number of ether oxygens (including phenoxy) is 1. The topological polar surface area (TPSA) is 59.0 Å². The summed E-state index contributed by atoms with van der Waals surface area (Å²) in [6.45, 7) is 7.02. The Labute approximate surface area is 95.6 Å². The molecule has 5 heteroatoms. The Bertz CT molecular complexity index is 282. The van der Waals surface area contributed by atoms with Crippen LogP contribution < -0.4 is 0 Å². The molecule has 1 aliphatic heterocycles. The summed E-state index contributed by atoms with van der Waals surface area (Å²) in [5, 5.41) is 10.1. The lowest BCUT2D eigenvalue weighted by molar-refractivity contribution is -0.194. The Morgan fingerprint density at radius 3 is 2.62 bits per heavy atom. The molecule has 1 aliphatic rings. The summed E-state index contributed by atoms with van der Waals surface area (Å²) < 4.78 is 5.19. The van der Waals surface area contributed by atoms with Crippen LogP contribution in [0.5, 0.6) is 0 Å². The first-order chi connectivity index (χ1) is 7.33. The number of rotatable bonds is 1. The van der Waals surface area contributed by atoms with Crippen molar-refractivity contribution in [2.45, 2.75) is 45.4 Å². The summed E-state index contributed by atoms with van der Waals surface area (Å²) in [5.74, 6) is 0. The van der Waals surface area contributed by atoms with Crippen LogP contribution >= 0.6 is 0 Å². The van der Waals surface area contributed by atoms with Gasteiger partial charge >= 0.3 is 6.09 Å². The van der Waals surface area contributed by atoms with Crippen LogP contribution in [0.25, 0.3) is 0 Å². The highest BCUT2D eigenvalue weighted by atomic mass is 16.7. The minimum absolute atomic E-state index is 0.164. The van der Waals surface area contributed by atoms with Crippen molar-refractivity contribution >= 4 is 6.09 Å². The number of nitrogens with zero attached hydrogens (tertiary/aromatic N) is 1. The van der Waals surface area contributed by atoms with Gasteiger partial charge in [0.1, 0.15) is 11.7 Å². The van der Waals surface area contributed by atoms with Gasteiger partial charge in [-0.3, -0.25) is 4.84 Å². The SMILES string of the molecule is C[C@H]1C=C[C@@H](CO)ON1C(=O)OC(C)(C)C. The standard InChI is InChI=1S/C11H19NO4/c1-8-5-6-9(7-13)16-12(8)10(14)15-11(2,3)4/h5-6,8-9,13H,7H2,1-4H3/t8-,9-/m0/s1. The maximum atomic E-state index is 11.7. The molecule has 0 spiro atoms. The number of amides is 1. The molecule has 1 amide bonds. The number of hydrogen-bond acceptors (Lipinski definition) is 4. The van der Waals surface area contributed by atoms with Crippen LogP contribution in [0.15, 0.2) is 12.2 Å². The molecule has 0 aromatic rings. The van der Waals surface area contributed by atoms with E-state index in [-0.39, 0.29) is 12.6 Å². The monoisotopic (exact) mass is 229 g/mol. The zero-order valence-corrected chi connectivity index (χ0v) is 10.1. The van der Waals surface area contributed by atoms with E-state index in [1.165, 1.54) is 0 Å². The fourth-order valence-corrected chi connectivity index (χ4v) is 1.25. The molecule has 16 heavy (non-hydrogen) atoms. The molecule has 1 heterocycles. The Morgan fingerprint density at radius 1 is 1.50 bits per heavy atom. The van der Waals surface area contributed by atoms with Crippen molar-refractivity contribution in [2.75, 3.05) is 6.61 Å². The van der Waals surface area contributed by atoms with Crippen LogP contribution in [-0.2, 0) is 9.57 Å². The Kier molecular flexibility index (Phi) is 3.93. The van der Waals surface area contributed by atoms with Crippen LogP contribution in [0.2, 0.25) is 0 Å². The Balaban J connectivity index is 2.65. The molecule has 0 fully saturated rings. The van der Waals surface area contributed by atoms with Gasteiger partial charge in [-0.25, -0.2) is 4.79 Å². The highest BCUT2D eigenvalue weighted by Crippen LogP contribution is 2.17. The zero-order chi connectivity index (χ0) is 12.3. The second-order valence-electron chi connectivity index (χ2n) is 4.76. The molecule has 0 unspecified atom stereocenters. The normalized spacial score (nSPS) is 25.7. The number of hydrogen-bond donors (Lipinski definition) is 1. The highest BCUT2D eigenvalue weighted by molar-refractivity contribution is 5.67. The summed E-state index contributed by atoms with van der Waals surface area (Å²) in [5.41, 5.74) is -0.559. The van der Waals surface area contributed by atoms with Crippen LogP contribution in [0.3, 0.4) is 0 Å². The fraction of sp³-hybridized carbons (Fsp3) is 0.727. The lowest BCUT2D eigenvalue weighted by Crippen LogP contribution is -2.46. The third-order valence-corrected chi connectivity index (χ3v) is 1.98. The average Bonchev–Trinajstić information content (AvgIpc) is 2.15. The van der Waals surface area contributed by atoms with Gasteiger partial charge in [-0.2, -0.15) is 5.06 Å². The van der Waals surface area contributed by atoms with E-state index in [2.05, 4.69) is 0 Å². The van der Waals surface area contributed by atoms with Gasteiger partial charge in [0.15, 0.2) is 0 Å². The van der Waals surface area contributed by atoms with Gasteiger partial charge in [0.2, 0.25) is 0 Å². The van der Waals surface area contributed by atoms with E-state index < -0.39 is 17.8 Å². The van der Waals surface area contributed by atoms with Gasteiger partial charge in [0, 0.05) is 0 Å². The number of aliphatic hydroxyl groups is 1. The van der Waals surface area contributed by atoms with Gasteiger partial charge in [0.05, 0.1) is 12.6 Å². The summed E-state index contributed by atoms with van der Waals surface area (Å²) in [4.78, 5) is 17.0. The molecule has 0 aromatic heterocycles. The van der Waals surface area contributed by atoms with Gasteiger partial charge < -0.3 is 9.84 Å². The van der Waals surface area contributed by atoms with Crippen molar-refractivity contribution in [2.24, 2.45) is 0 Å². The molecule has 0 aliphatic carbocycles. The molecular formula is C11H19NO4. The van der Waals surface area contributed by atoms with Crippen molar-refractivity contribution in [3.05, 3.63) is 12.2 Å². The van der Waals surface area contributed by atoms with Gasteiger partial charge in [-0.05, 0) is 27.7 Å². The van der Waals surface area contributed by atoms with Crippen LogP contribution in [0.1, 0.15) is 27.7 Å². The molecule has 2 atom stereocenters. The summed E-state index contributed by atoms with van der Waals surface area (Å²) in [7, 11) is 0. The molecular weight excluding hydrogens is 210 g/mol. The van der Waals surface area contributed by atoms with Gasteiger partial charge in [0.25, 0.3) is 0 Å². The minimum atomic E-state index is -0.559. The van der Waals surface area contributed by atoms with Crippen molar-refractivity contribution < 1.29 is 19.5 Å². The van der Waals surface area contributed by atoms with Crippen molar-refractivity contribution in [1.29, 1.82) is 0 Å². The van der Waals surface area contributed by atoms with E-state index in [1.807, 2.05) is 6.92 Å². The van der Waals surface area contributed by atoms with Gasteiger partial charge in [-0.15, -0.1) is 0 Å². The molecule has 5 nitrogen and oxygen atoms in total. The first-order valence-corrected chi connectivity index (χ1v) is 5.31. The summed E-state index contributed by atoms with van der Waals surface area (Å²) in [6.07, 6.45) is 2.51.